The van der Waals surface area contributed by atoms with Crippen molar-refractivity contribution in [3.8, 4) is 0 Å². The lowest BCUT2D eigenvalue weighted by Gasteiger charge is -2.41. The van der Waals surface area contributed by atoms with Gasteiger partial charge in [-0.1, -0.05) is 6.58 Å². The summed E-state index contributed by atoms with van der Waals surface area (Å²) in [5.74, 6) is -0.0109. The van der Waals surface area contributed by atoms with Gasteiger partial charge in [0.05, 0.1) is 19.5 Å². The molecule has 22 heteroatoms. The molecule has 0 spiro atoms. The first-order valence-corrected chi connectivity index (χ1v) is 16.2. The summed E-state index contributed by atoms with van der Waals surface area (Å²) >= 11 is 4.75. The van der Waals surface area contributed by atoms with Crippen LogP contribution in [0.2, 0.25) is 0 Å². The molecule has 0 amide bonds. The number of nitrogens with two attached hydrogens (primary N) is 1. The minimum Gasteiger partial charge on any atom is -0.458 e. The van der Waals surface area contributed by atoms with Crippen LogP contribution in [0, 0.1) is 0 Å². The number of ether oxygens (including phenoxy) is 2. The smallest absolute Gasteiger partial charge is 0.458 e. The van der Waals surface area contributed by atoms with Crippen LogP contribution in [0.3, 0.4) is 0 Å². The van der Waals surface area contributed by atoms with Crippen molar-refractivity contribution in [1.29, 1.82) is 0 Å². The van der Waals surface area contributed by atoms with Gasteiger partial charge in [-0.25, -0.2) is 18.8 Å². The molecule has 2 aliphatic rings. The first kappa shape index (κ1) is 34.1. The van der Waals surface area contributed by atoms with E-state index in [9.17, 15) is 45.0 Å². The molecule has 12 atom stereocenters. The van der Waals surface area contributed by atoms with Crippen LogP contribution in [-0.4, -0.2) is 123 Å². The van der Waals surface area contributed by atoms with Crippen LogP contribution >= 0.6 is 14.5 Å². The number of aromatic nitrogens is 2. The average molecular weight is 673 g/mol. The number of rotatable bonds is 11. The van der Waals surface area contributed by atoms with Gasteiger partial charge in [-0.15, -0.1) is 5.73 Å². The maximum atomic E-state index is 12.6. The first-order valence-electron chi connectivity index (χ1n) is 12.1. The summed E-state index contributed by atoms with van der Waals surface area (Å²) < 4.78 is 43.0. The fourth-order valence-corrected chi connectivity index (χ4v) is 7.62. The largest absolute Gasteiger partial charge is 0.481 e. The van der Waals surface area contributed by atoms with Gasteiger partial charge in [0, 0.05) is 5.56 Å². The van der Waals surface area contributed by atoms with Gasteiger partial charge >= 0.3 is 14.5 Å². The number of aliphatic hydroxyl groups excluding tert-OH is 6. The number of hydrogen-bond acceptors (Lipinski definition) is 18. The van der Waals surface area contributed by atoms with E-state index < -0.39 is 88.5 Å². The van der Waals surface area contributed by atoms with Crippen LogP contribution in [-0.2, 0) is 39.2 Å². The lowest BCUT2D eigenvalue weighted by Crippen LogP contribution is -2.61. The van der Waals surface area contributed by atoms with Gasteiger partial charge in [0.25, 0.3) is 0 Å². The molecule has 240 valence electrons. The quantitative estimate of drug-likeness (QED) is 0.0851. The topological polar surface area (TPSA) is 310 Å². The number of nitrogen functional groups attached to an aromatic ring is 1. The van der Waals surface area contributed by atoms with Crippen molar-refractivity contribution in [2.75, 3.05) is 18.9 Å². The van der Waals surface area contributed by atoms with Crippen molar-refractivity contribution in [3.63, 3.8) is 0 Å². The molecule has 2 aromatic rings. The van der Waals surface area contributed by atoms with Crippen LogP contribution in [0.25, 0.3) is 11.1 Å². The summed E-state index contributed by atoms with van der Waals surface area (Å²) in [6.07, 6.45) is -13.3. The zero-order chi connectivity index (χ0) is 31.9. The highest BCUT2D eigenvalue weighted by atomic mass is 32.5. The van der Waals surface area contributed by atoms with E-state index in [-0.39, 0.29) is 22.5 Å². The molecule has 43 heavy (non-hydrogen) atoms. The van der Waals surface area contributed by atoms with E-state index in [1.54, 1.807) is 0 Å². The molecule has 4 rings (SSSR count). The van der Waals surface area contributed by atoms with Gasteiger partial charge in [0.2, 0.25) is 0 Å². The van der Waals surface area contributed by atoms with Crippen LogP contribution in [0.4, 0.5) is 5.82 Å². The van der Waals surface area contributed by atoms with Crippen LogP contribution in [0.1, 0.15) is 11.7 Å². The summed E-state index contributed by atoms with van der Waals surface area (Å²) in [6, 6.07) is 0. The lowest BCUT2D eigenvalue weighted by molar-refractivity contribution is -0.292. The van der Waals surface area contributed by atoms with E-state index in [1.165, 1.54) is 6.26 Å². The van der Waals surface area contributed by atoms with E-state index in [0.29, 0.717) is 0 Å². The Morgan fingerprint density at radius 3 is 2.56 bits per heavy atom. The highest BCUT2D eigenvalue weighted by Gasteiger charge is 2.56. The van der Waals surface area contributed by atoms with E-state index in [1.807, 2.05) is 0 Å². The Bertz CT molecular complexity index is 1460. The van der Waals surface area contributed by atoms with Gasteiger partial charge in [0.15, 0.2) is 17.7 Å². The Kier molecular flexibility index (Phi) is 10.3. The number of furan rings is 1. The van der Waals surface area contributed by atoms with Crippen LogP contribution in [0.5, 0.6) is 0 Å². The zero-order valence-electron chi connectivity index (χ0n) is 21.7. The number of nitrogens with zero attached hydrogens (tertiary/aromatic N) is 2. The molecule has 7 unspecified atom stereocenters. The average Bonchev–Trinajstić information content (AvgIpc) is 3.46. The van der Waals surface area contributed by atoms with E-state index in [2.05, 4.69) is 31.1 Å². The van der Waals surface area contributed by atoms with Crippen molar-refractivity contribution < 1.29 is 77.3 Å². The third-order valence-corrected chi connectivity index (χ3v) is 10.1. The maximum absolute atomic E-state index is 12.6. The SMILES string of the molecule is C=C=C[C@@]1(O)[C@H](O)[C@@H](COP(O)(=S)OP(=O)(O)OC2OC([C@@H](O)CO)C(O)C(O)C2O)O[C@H]1c1coc2c(N)ncnc12. The molecule has 11 N–H and O–H groups in total. The monoisotopic (exact) mass is 673 g/mol. The highest BCUT2D eigenvalue weighted by Crippen LogP contribution is 2.62. The molecule has 2 saturated heterocycles. The summed E-state index contributed by atoms with van der Waals surface area (Å²) in [5.41, 5.74) is 6.28. The zero-order valence-corrected chi connectivity index (χ0v) is 24.3. The van der Waals surface area contributed by atoms with Gasteiger partial charge in [-0.3, -0.25) is 4.52 Å². The first-order chi connectivity index (χ1) is 20.0. The predicted octanol–water partition coefficient (Wildman–Crippen LogP) is -2.79. The third-order valence-electron chi connectivity index (χ3n) is 6.60. The number of phosphoric acid groups is 1. The molecule has 0 aliphatic carbocycles. The minimum absolute atomic E-state index is 0.0109. The molecule has 0 bridgehead atoms. The minimum atomic E-state index is -5.50. The number of aliphatic hydroxyl groups is 7. The molecule has 2 aromatic heterocycles. The summed E-state index contributed by atoms with van der Waals surface area (Å²) in [6.45, 7) is -3.13. The summed E-state index contributed by atoms with van der Waals surface area (Å²) in [5, 5.41) is 71.1. The Morgan fingerprint density at radius 2 is 1.91 bits per heavy atom. The van der Waals surface area contributed by atoms with Gasteiger partial charge in [0.1, 0.15) is 66.3 Å². The molecular weight excluding hydrogens is 644 g/mol. The maximum Gasteiger partial charge on any atom is 0.481 e. The number of phosphoric ester groups is 1. The standard InChI is InChI=1S/C21H29N3O16P2S/c1-2-3-21(31)17(30)10(37-18(21)8-5-35-16-11(8)23-7-24-19(16)22)6-36-42(34,43)40-41(32,33)39-20-14(29)12(27)13(28)15(38-20)9(26)4-25/h3,5,7,9-10,12-15,17-18,20,25-31H,1,4,6H2,(H,32,33)(H,34,43)(H2,22,23,24)/t9-,10+,12?,13?,14?,15?,17+,18-,20?,21+,42?/m0/s1. The van der Waals surface area contributed by atoms with Crippen molar-refractivity contribution in [2.45, 2.75) is 60.7 Å². The Morgan fingerprint density at radius 1 is 1.21 bits per heavy atom. The van der Waals surface area contributed by atoms with Crippen molar-refractivity contribution in [1.82, 2.24) is 9.97 Å². The molecule has 0 aromatic carbocycles. The number of anilines is 1. The molecule has 0 radical (unpaired) electrons. The molecule has 4 heterocycles. The second-order valence-corrected chi connectivity index (χ2v) is 13.9. The molecule has 2 fully saturated rings. The molecule has 0 saturated carbocycles. The number of hydrogen-bond donors (Lipinski definition) is 10. The summed E-state index contributed by atoms with van der Waals surface area (Å²) in [4.78, 5) is 28.5. The second kappa shape index (κ2) is 12.9. The van der Waals surface area contributed by atoms with Crippen LogP contribution in [0.15, 0.2) is 35.4 Å². The van der Waals surface area contributed by atoms with E-state index in [0.717, 1.165) is 12.4 Å². The normalized spacial score (nSPS) is 36.5. The Balaban J connectivity index is 1.46. The molecule has 2 aliphatic heterocycles. The number of fused-ring (bicyclic) bond motifs is 1. The van der Waals surface area contributed by atoms with Crippen molar-refractivity contribution in [3.05, 3.63) is 36.5 Å². The Hall–Kier alpha value is -1.74. The fourth-order valence-electron chi connectivity index (χ4n) is 4.52. The highest BCUT2D eigenvalue weighted by molar-refractivity contribution is 8.08. The summed E-state index contributed by atoms with van der Waals surface area (Å²) in [7, 11) is -5.50. The van der Waals surface area contributed by atoms with Gasteiger partial charge < -0.3 is 69.7 Å². The van der Waals surface area contributed by atoms with Gasteiger partial charge in [-0.05, 0) is 17.9 Å². The lowest BCUT2D eigenvalue weighted by atomic mass is 9.87. The predicted molar refractivity (Wildman–Crippen MR) is 143 cm³/mol. The van der Waals surface area contributed by atoms with E-state index in [4.69, 9.17) is 41.1 Å². The van der Waals surface area contributed by atoms with Crippen molar-refractivity contribution in [2.24, 2.45) is 0 Å². The van der Waals surface area contributed by atoms with E-state index >= 15 is 0 Å². The molecule has 19 nitrogen and oxygen atoms in total. The van der Waals surface area contributed by atoms with Crippen LogP contribution < -0.4 is 5.73 Å². The Labute approximate surface area is 246 Å². The third kappa shape index (κ3) is 6.92. The second-order valence-electron chi connectivity index (χ2n) is 9.47. The molecular formula is C21H29N3O16P2S. The fraction of sp³-hybridized carbons (Fsp3) is 0.571. The van der Waals surface area contributed by atoms with Crippen molar-refractivity contribution >= 4 is 43.3 Å². The van der Waals surface area contributed by atoms with Gasteiger partial charge in [-0.2, -0.15) is 0 Å².